The van der Waals surface area contributed by atoms with Crippen LogP contribution in [-0.2, 0) is 47.8 Å². The zero-order valence-electron chi connectivity index (χ0n) is 74.0. The number of benzene rings is 8. The number of rotatable bonds is 24. The molecular formula is C102H116N8O18. The van der Waals surface area contributed by atoms with Crippen molar-refractivity contribution in [3.63, 3.8) is 0 Å². The number of hydrogen-bond acceptors (Lipinski definition) is 26. The molecule has 0 radical (unpaired) electrons. The lowest BCUT2D eigenvalue weighted by atomic mass is 9.83. The van der Waals surface area contributed by atoms with Crippen molar-refractivity contribution < 1.29 is 84.9 Å². The third kappa shape index (κ3) is 20.7. The number of ketones is 8. The molecule has 2 saturated heterocycles. The maximum Gasteiger partial charge on any atom is 0.167 e. The fourth-order valence-corrected chi connectivity index (χ4v) is 20.3. The second-order valence-electron chi connectivity index (χ2n) is 36.2. The Balaban J connectivity index is 0.000000120. The zero-order valence-corrected chi connectivity index (χ0v) is 74.0. The van der Waals surface area contributed by atoms with E-state index in [9.17, 15) is 38.4 Å². The van der Waals surface area contributed by atoms with E-state index in [4.69, 9.17) is 46.5 Å². The molecule has 8 aliphatic rings. The minimum atomic E-state index is -0.379. The quantitative estimate of drug-likeness (QED) is 0.0507. The zero-order chi connectivity index (χ0) is 88.3. The first-order chi connectivity index (χ1) is 62.4. The van der Waals surface area contributed by atoms with Gasteiger partial charge in [0.05, 0.1) is 70.9 Å². The Bertz CT molecular complexity index is 5310. The van der Waals surface area contributed by atoms with Crippen LogP contribution in [0, 0.1) is 0 Å². The second kappa shape index (κ2) is 41.2. The van der Waals surface area contributed by atoms with E-state index in [2.05, 4.69) is 68.4 Å². The van der Waals surface area contributed by atoms with Gasteiger partial charge in [-0.15, -0.1) is 0 Å². The molecule has 8 fully saturated rings. The van der Waals surface area contributed by atoms with Gasteiger partial charge in [0, 0.05) is 102 Å². The van der Waals surface area contributed by atoms with Crippen LogP contribution in [-0.4, -0.2) is 218 Å². The lowest BCUT2D eigenvalue weighted by Gasteiger charge is -2.31. The van der Waals surface area contributed by atoms with Gasteiger partial charge in [-0.2, -0.15) is 0 Å². The lowest BCUT2D eigenvalue weighted by molar-refractivity contribution is -0.132. The van der Waals surface area contributed by atoms with E-state index in [1.54, 1.807) is 0 Å². The van der Waals surface area contributed by atoms with Gasteiger partial charge in [-0.1, -0.05) is 83.4 Å². The molecule has 6 heterocycles. The van der Waals surface area contributed by atoms with E-state index in [0.29, 0.717) is 147 Å². The van der Waals surface area contributed by atoms with Crippen LogP contribution < -0.4 is 18.9 Å². The Morgan fingerprint density at radius 1 is 0.289 bits per heavy atom. The van der Waals surface area contributed by atoms with Gasteiger partial charge >= 0.3 is 0 Å². The molecular weight excluding hydrogens is 1630 g/mol. The van der Waals surface area contributed by atoms with Gasteiger partial charge in [-0.05, 0) is 245 Å². The Morgan fingerprint density at radius 3 is 0.758 bits per heavy atom. The van der Waals surface area contributed by atoms with E-state index in [-0.39, 0.29) is 95.6 Å². The maximum atomic E-state index is 12.5. The van der Waals surface area contributed by atoms with Gasteiger partial charge in [-0.3, -0.25) is 48.2 Å². The van der Waals surface area contributed by atoms with Crippen LogP contribution in [0.3, 0.4) is 0 Å². The molecule has 2 aliphatic heterocycles. The molecule has 0 N–H and O–H groups in total. The highest BCUT2D eigenvalue weighted by molar-refractivity contribution is 6.15. The topological polar surface area (TPSA) is 309 Å². The number of Topliss-reactive ketones (excluding diaryl/α,β-unsaturated/α-hetero) is 8. The Labute approximate surface area is 743 Å². The van der Waals surface area contributed by atoms with Crippen molar-refractivity contribution in [1.29, 1.82) is 0 Å². The molecule has 20 rings (SSSR count). The Morgan fingerprint density at radius 2 is 0.523 bits per heavy atom. The molecule has 8 aromatic carbocycles. The Kier molecular flexibility index (Phi) is 28.6. The third-order valence-corrected chi connectivity index (χ3v) is 27.9. The first kappa shape index (κ1) is 89.0. The van der Waals surface area contributed by atoms with Gasteiger partial charge in [0.15, 0.2) is 22.3 Å². The van der Waals surface area contributed by atoms with Crippen LogP contribution >= 0.6 is 0 Å². The summed E-state index contributed by atoms with van der Waals surface area (Å²) in [5, 5.41) is 28.4. The van der Waals surface area contributed by atoms with Crippen LogP contribution in [0.15, 0.2) is 139 Å². The van der Waals surface area contributed by atoms with Crippen LogP contribution in [0.4, 0.5) is 0 Å². The maximum absolute atomic E-state index is 12.5. The molecule has 26 nitrogen and oxygen atoms in total. The van der Waals surface area contributed by atoms with Gasteiger partial charge in [0.1, 0.15) is 118 Å². The summed E-state index contributed by atoms with van der Waals surface area (Å²) in [6.07, 6.45) is 21.2. The van der Waals surface area contributed by atoms with Crippen molar-refractivity contribution in [1.82, 2.24) is 40.2 Å². The minimum Gasteiger partial charge on any atom is -0.492 e. The predicted molar refractivity (Wildman–Crippen MR) is 486 cm³/mol. The number of carbonyl (C=O) groups excluding carboxylic acids is 8. The van der Waals surface area contributed by atoms with Gasteiger partial charge < -0.3 is 56.3 Å². The summed E-state index contributed by atoms with van der Waals surface area (Å²) in [6, 6.07) is 42.1. The molecule has 0 spiro atoms. The number of nitrogens with zero attached hydrogens (tertiary/aromatic N) is 8. The fraction of sp³-hybridized carbons (Fsp3) is 0.490. The van der Waals surface area contributed by atoms with E-state index in [1.165, 1.54) is 64.2 Å². The summed E-state index contributed by atoms with van der Waals surface area (Å²) in [5.41, 5.74) is 5.26. The summed E-state index contributed by atoms with van der Waals surface area (Å²) in [5.74, 6) is 1.60. The average molecular weight is 1740 g/mol. The molecule has 4 aromatic heterocycles. The fourth-order valence-electron chi connectivity index (χ4n) is 20.3. The molecule has 6 aliphatic carbocycles. The van der Waals surface area contributed by atoms with Gasteiger partial charge in [-0.25, -0.2) is 0 Å². The number of fused-ring (bicyclic) bond motifs is 12. The second-order valence-corrected chi connectivity index (χ2v) is 36.2. The molecule has 0 amide bonds. The van der Waals surface area contributed by atoms with Gasteiger partial charge in [0.25, 0.3) is 0 Å². The number of ether oxygens (including phenoxy) is 6. The summed E-state index contributed by atoms with van der Waals surface area (Å²) in [4.78, 5) is 106. The smallest absolute Gasteiger partial charge is 0.167 e. The van der Waals surface area contributed by atoms with E-state index >= 15 is 0 Å². The molecule has 12 aromatic rings. The molecule has 0 bridgehead atoms. The highest BCUT2D eigenvalue weighted by Gasteiger charge is 2.38. The predicted octanol–water partition coefficient (Wildman–Crippen LogP) is 17.8. The molecule has 26 heteroatoms. The minimum absolute atomic E-state index is 0.00290. The highest BCUT2D eigenvalue weighted by Crippen LogP contribution is 2.44. The van der Waals surface area contributed by atoms with Crippen molar-refractivity contribution in [3.05, 3.63) is 144 Å². The SMILES string of the molecule is CN(CCOc1ccc2c(ccc3onc([C@@H]4CCC(=O)CC4=O)c32)c1)C1CCCCC1.CN(CCOc1ccc2c(ccc3onc([C@@H]4CCC(=O)CC4=O)c32)c1)C1CCOCC1.CN(CCOc1ccc2c(ccc3onc([C@H]4CCC(=O)CC4=O)c32)c1)C1CCCCC1.CN(CCOc1ccc2c(ccc3onc([C@H]4CCC(=O)CC4=O)c32)c1)C1CCOCC1. The largest absolute Gasteiger partial charge is 0.492 e. The summed E-state index contributed by atoms with van der Waals surface area (Å²) < 4.78 is 57.3. The standard InChI is InChI=1S/2C26H30N2O4.2C25H28N2O5/c2*1-28(18-5-3-2-4-6-18)13-14-31-20-9-11-21-17(15-20)7-12-24-25(21)26(27-32-24)22-10-8-19(29)16-23(22)30;2*1-27(17-8-11-30-12-9-17)10-13-31-19-4-6-20-16(14-19)2-7-23-24(20)25(26-32-23)21-5-3-18(28)15-22(21)29/h2*7,9,11-12,15,18,22H,2-6,8,10,13-14,16H2,1H3;2*2,4,6-7,14,17,21H,3,5,8-13,15H2,1H3/t2*22-;2*21-/m1010/s1. The first-order valence-corrected chi connectivity index (χ1v) is 46.3. The molecule has 6 saturated carbocycles. The van der Waals surface area contributed by atoms with Crippen LogP contribution in [0.2, 0.25) is 0 Å². The third-order valence-electron chi connectivity index (χ3n) is 27.9. The number of hydrogen-bond donors (Lipinski definition) is 0. The normalized spacial score (nSPS) is 20.5. The van der Waals surface area contributed by atoms with Crippen LogP contribution in [0.25, 0.3) is 87.0 Å². The molecule has 4 atom stereocenters. The van der Waals surface area contributed by atoms with Gasteiger partial charge in [0.2, 0.25) is 0 Å². The first-order valence-electron chi connectivity index (χ1n) is 46.3. The highest BCUT2D eigenvalue weighted by atomic mass is 16.5. The van der Waals surface area contributed by atoms with Crippen molar-refractivity contribution in [2.75, 3.05) is 107 Å². The molecule has 0 unspecified atom stereocenters. The number of aromatic nitrogens is 4. The van der Waals surface area contributed by atoms with Crippen molar-refractivity contribution in [2.45, 2.75) is 215 Å². The number of carbonyl (C=O) groups is 8. The van der Waals surface area contributed by atoms with Crippen molar-refractivity contribution in [3.8, 4) is 23.0 Å². The van der Waals surface area contributed by atoms with Crippen LogP contribution in [0.1, 0.15) is 213 Å². The Hall–Kier alpha value is -11.0. The summed E-state index contributed by atoms with van der Waals surface area (Å²) >= 11 is 0. The van der Waals surface area contributed by atoms with E-state index in [1.807, 2.05) is 121 Å². The molecule has 672 valence electrons. The van der Waals surface area contributed by atoms with E-state index < -0.39 is 0 Å². The summed E-state index contributed by atoms with van der Waals surface area (Å²) in [7, 11) is 8.68. The van der Waals surface area contributed by atoms with Crippen molar-refractivity contribution >= 4 is 133 Å². The van der Waals surface area contributed by atoms with Crippen LogP contribution in [0.5, 0.6) is 23.0 Å². The average Bonchev–Trinajstić information content (AvgIpc) is 1.58. The molecule has 128 heavy (non-hydrogen) atoms. The summed E-state index contributed by atoms with van der Waals surface area (Å²) in [6.45, 7) is 9.44. The number of likely N-dealkylation sites (N-methyl/N-ethyl adjacent to an activating group) is 4. The van der Waals surface area contributed by atoms with Crippen molar-refractivity contribution in [2.24, 2.45) is 0 Å². The van der Waals surface area contributed by atoms with E-state index in [0.717, 1.165) is 166 Å². The lowest BCUT2D eigenvalue weighted by Crippen LogP contribution is -2.38. The monoisotopic (exact) mass is 1740 g/mol.